The van der Waals surface area contributed by atoms with Gasteiger partial charge in [-0.3, -0.25) is 9.59 Å². The number of benzene rings is 1. The fraction of sp³-hybridized carbons (Fsp3) is 0.0909. The Bertz CT molecular complexity index is 598. The predicted octanol–water partition coefficient (Wildman–Crippen LogP) is 2.76. The number of hydrogen-bond acceptors (Lipinski definition) is 3. The minimum Gasteiger partial charge on any atom is -0.463 e. The first-order chi connectivity index (χ1) is 7.09. The van der Waals surface area contributed by atoms with Crippen molar-refractivity contribution in [3.05, 3.63) is 44.7 Å². The van der Waals surface area contributed by atoms with Crippen LogP contribution < -0.4 is 5.43 Å². The Morgan fingerprint density at radius 3 is 2.80 bits per heavy atom. The fourth-order valence-corrected chi connectivity index (χ4v) is 1.71. The highest BCUT2D eigenvalue weighted by atomic mass is 79.9. The first-order valence-electron chi connectivity index (χ1n) is 4.31. The molecule has 3 nitrogen and oxygen atoms in total. The van der Waals surface area contributed by atoms with E-state index in [0.717, 1.165) is 4.47 Å². The third-order valence-corrected chi connectivity index (χ3v) is 2.61. The van der Waals surface area contributed by atoms with Gasteiger partial charge in [-0.1, -0.05) is 15.9 Å². The van der Waals surface area contributed by atoms with Crippen LogP contribution in [-0.4, -0.2) is 5.78 Å². The summed E-state index contributed by atoms with van der Waals surface area (Å²) in [6.45, 7) is 1.34. The lowest BCUT2D eigenvalue weighted by Gasteiger charge is -1.99. The SMILES string of the molecule is CC(=O)c1coc2ccc(Br)cc2c1=O. The van der Waals surface area contributed by atoms with E-state index in [1.807, 2.05) is 0 Å². The molecule has 0 spiro atoms. The summed E-state index contributed by atoms with van der Waals surface area (Å²) in [6.07, 6.45) is 1.21. The second-order valence-electron chi connectivity index (χ2n) is 3.18. The van der Waals surface area contributed by atoms with Crippen molar-refractivity contribution in [1.29, 1.82) is 0 Å². The van der Waals surface area contributed by atoms with Crippen LogP contribution in [0.5, 0.6) is 0 Å². The summed E-state index contributed by atoms with van der Waals surface area (Å²) in [5.41, 5.74) is 0.277. The highest BCUT2D eigenvalue weighted by Gasteiger charge is 2.10. The Hall–Kier alpha value is -1.42. The van der Waals surface area contributed by atoms with E-state index >= 15 is 0 Å². The molecule has 0 aliphatic rings. The van der Waals surface area contributed by atoms with Crippen LogP contribution in [0.1, 0.15) is 17.3 Å². The average molecular weight is 267 g/mol. The van der Waals surface area contributed by atoms with E-state index in [-0.39, 0.29) is 16.8 Å². The van der Waals surface area contributed by atoms with Crippen LogP contribution in [0.2, 0.25) is 0 Å². The molecular formula is C11H7BrO3. The predicted molar refractivity (Wildman–Crippen MR) is 60.2 cm³/mol. The number of carbonyl (C=O) groups is 1. The lowest BCUT2D eigenvalue weighted by Crippen LogP contribution is -2.12. The van der Waals surface area contributed by atoms with Crippen LogP contribution in [0.25, 0.3) is 11.0 Å². The van der Waals surface area contributed by atoms with Crippen molar-refractivity contribution < 1.29 is 9.21 Å². The minimum absolute atomic E-state index is 0.0839. The molecule has 0 N–H and O–H groups in total. The molecule has 0 bridgehead atoms. The van der Waals surface area contributed by atoms with Crippen molar-refractivity contribution in [3.63, 3.8) is 0 Å². The number of Topliss-reactive ketones (excluding diaryl/α,β-unsaturated/α-hetero) is 1. The smallest absolute Gasteiger partial charge is 0.203 e. The Labute approximate surface area is 93.8 Å². The molecule has 2 rings (SSSR count). The highest BCUT2D eigenvalue weighted by molar-refractivity contribution is 9.10. The molecule has 0 saturated carbocycles. The molecule has 0 saturated heterocycles. The van der Waals surface area contributed by atoms with Gasteiger partial charge in [0.05, 0.1) is 5.39 Å². The highest BCUT2D eigenvalue weighted by Crippen LogP contribution is 2.17. The molecule has 1 aromatic heterocycles. The molecule has 4 heteroatoms. The molecule has 76 valence electrons. The zero-order valence-electron chi connectivity index (χ0n) is 7.91. The van der Waals surface area contributed by atoms with E-state index < -0.39 is 0 Å². The van der Waals surface area contributed by atoms with Gasteiger partial charge in [-0.15, -0.1) is 0 Å². The van der Waals surface area contributed by atoms with Gasteiger partial charge < -0.3 is 4.42 Å². The van der Waals surface area contributed by atoms with Crippen molar-refractivity contribution in [1.82, 2.24) is 0 Å². The van der Waals surface area contributed by atoms with Crippen molar-refractivity contribution in [3.8, 4) is 0 Å². The maximum Gasteiger partial charge on any atom is 0.203 e. The normalized spacial score (nSPS) is 10.5. The van der Waals surface area contributed by atoms with Crippen molar-refractivity contribution in [2.75, 3.05) is 0 Å². The number of carbonyl (C=O) groups excluding carboxylic acids is 1. The van der Waals surface area contributed by atoms with Crippen LogP contribution in [-0.2, 0) is 0 Å². The van der Waals surface area contributed by atoms with E-state index in [2.05, 4.69) is 15.9 Å². The number of halogens is 1. The Morgan fingerprint density at radius 1 is 1.40 bits per heavy atom. The van der Waals surface area contributed by atoms with Crippen LogP contribution in [0.4, 0.5) is 0 Å². The van der Waals surface area contributed by atoms with E-state index in [1.165, 1.54) is 13.2 Å². The monoisotopic (exact) mass is 266 g/mol. The van der Waals surface area contributed by atoms with Gasteiger partial charge in [0.1, 0.15) is 17.4 Å². The molecule has 0 atom stereocenters. The summed E-state index contributed by atoms with van der Waals surface area (Å²) in [5, 5.41) is 0.414. The van der Waals surface area contributed by atoms with Crippen LogP contribution in [0.3, 0.4) is 0 Å². The van der Waals surface area contributed by atoms with Crippen LogP contribution in [0.15, 0.2) is 38.1 Å². The van der Waals surface area contributed by atoms with Crippen molar-refractivity contribution in [2.45, 2.75) is 6.92 Å². The van der Waals surface area contributed by atoms with Gasteiger partial charge in [0.25, 0.3) is 0 Å². The number of hydrogen-bond donors (Lipinski definition) is 0. The molecule has 0 fully saturated rings. The van der Waals surface area contributed by atoms with Gasteiger partial charge in [-0.2, -0.15) is 0 Å². The summed E-state index contributed by atoms with van der Waals surface area (Å²) in [6, 6.07) is 5.11. The fourth-order valence-electron chi connectivity index (χ4n) is 1.35. The topological polar surface area (TPSA) is 47.3 Å². The molecule has 2 aromatic rings. The Kier molecular flexibility index (Phi) is 2.44. The number of rotatable bonds is 1. The molecular weight excluding hydrogens is 260 g/mol. The minimum atomic E-state index is -0.287. The molecule has 0 aliphatic heterocycles. The molecule has 1 aromatic carbocycles. The summed E-state index contributed by atoms with van der Waals surface area (Å²) < 4.78 is 5.98. The summed E-state index contributed by atoms with van der Waals surface area (Å²) in [7, 11) is 0. The summed E-state index contributed by atoms with van der Waals surface area (Å²) in [5.74, 6) is -0.286. The lowest BCUT2D eigenvalue weighted by molar-refractivity contribution is 0.101. The molecule has 0 aliphatic carbocycles. The number of ketones is 1. The van der Waals surface area contributed by atoms with Gasteiger partial charge in [0.2, 0.25) is 5.43 Å². The molecule has 1 heterocycles. The maximum absolute atomic E-state index is 11.8. The summed E-state index contributed by atoms with van der Waals surface area (Å²) >= 11 is 3.26. The Morgan fingerprint density at radius 2 is 2.13 bits per heavy atom. The first-order valence-corrected chi connectivity index (χ1v) is 5.11. The van der Waals surface area contributed by atoms with E-state index in [4.69, 9.17) is 4.42 Å². The lowest BCUT2D eigenvalue weighted by atomic mass is 10.1. The van der Waals surface area contributed by atoms with E-state index in [0.29, 0.717) is 11.0 Å². The molecule has 15 heavy (non-hydrogen) atoms. The standard InChI is InChI=1S/C11H7BrO3/c1-6(13)9-5-15-10-3-2-7(12)4-8(10)11(9)14/h2-5H,1H3. The second kappa shape index (κ2) is 3.62. The second-order valence-corrected chi connectivity index (χ2v) is 4.09. The maximum atomic E-state index is 11.8. The van der Waals surface area contributed by atoms with Gasteiger partial charge in [0.15, 0.2) is 5.78 Å². The largest absolute Gasteiger partial charge is 0.463 e. The summed E-state index contributed by atoms with van der Waals surface area (Å²) in [4.78, 5) is 22.9. The van der Waals surface area contributed by atoms with E-state index in [1.54, 1.807) is 18.2 Å². The van der Waals surface area contributed by atoms with Gasteiger partial charge in [0, 0.05) is 4.47 Å². The Balaban J connectivity index is 2.89. The van der Waals surface area contributed by atoms with Gasteiger partial charge >= 0.3 is 0 Å². The van der Waals surface area contributed by atoms with Crippen LogP contribution >= 0.6 is 15.9 Å². The molecule has 0 amide bonds. The average Bonchev–Trinajstić information content (AvgIpc) is 2.19. The first kappa shape index (κ1) is 10.1. The third kappa shape index (κ3) is 1.72. The molecule has 0 radical (unpaired) electrons. The number of fused-ring (bicyclic) bond motifs is 1. The molecule has 0 unspecified atom stereocenters. The van der Waals surface area contributed by atoms with Crippen LogP contribution in [0, 0.1) is 0 Å². The zero-order chi connectivity index (χ0) is 11.0. The van der Waals surface area contributed by atoms with Gasteiger partial charge in [-0.25, -0.2) is 0 Å². The van der Waals surface area contributed by atoms with Gasteiger partial charge in [-0.05, 0) is 25.1 Å². The van der Waals surface area contributed by atoms with Crippen molar-refractivity contribution in [2.24, 2.45) is 0 Å². The quantitative estimate of drug-likeness (QED) is 0.746. The van der Waals surface area contributed by atoms with E-state index in [9.17, 15) is 9.59 Å². The third-order valence-electron chi connectivity index (χ3n) is 2.11. The zero-order valence-corrected chi connectivity index (χ0v) is 9.50. The van der Waals surface area contributed by atoms with Crippen molar-refractivity contribution >= 4 is 32.7 Å².